The summed E-state index contributed by atoms with van der Waals surface area (Å²) >= 11 is -0.826. The predicted octanol–water partition coefficient (Wildman–Crippen LogP) is 10.1. The van der Waals surface area contributed by atoms with E-state index in [1.165, 1.54) is 48.8 Å². The number of rotatable bonds is 2. The molecule has 0 atom stereocenters. The zero-order chi connectivity index (χ0) is 28.2. The van der Waals surface area contributed by atoms with Crippen LogP contribution in [0.2, 0.25) is 6.55 Å². The van der Waals surface area contributed by atoms with Gasteiger partial charge >= 0.3 is 37.9 Å². The molecule has 5 heteroatoms. The van der Waals surface area contributed by atoms with Crippen molar-refractivity contribution in [2.45, 2.75) is 13.5 Å². The van der Waals surface area contributed by atoms with Crippen LogP contribution < -0.4 is 5.19 Å². The van der Waals surface area contributed by atoms with Crippen molar-refractivity contribution < 1.29 is 20.8 Å². The molecule has 0 fully saturated rings. The van der Waals surface area contributed by atoms with Gasteiger partial charge in [-0.15, -0.1) is 64.2 Å². The van der Waals surface area contributed by atoms with E-state index in [0.717, 1.165) is 15.0 Å². The van der Waals surface area contributed by atoms with E-state index < -0.39 is 20.8 Å². The van der Waals surface area contributed by atoms with Crippen molar-refractivity contribution in [2.24, 2.45) is 0 Å². The third-order valence-electron chi connectivity index (χ3n) is 6.41. The Morgan fingerprint density at radius 3 is 2.12 bits per heavy atom. The molecule has 2 radical (unpaired) electrons. The zero-order valence-corrected chi connectivity index (χ0v) is 27.5. The molecular weight excluding hydrogens is 625 g/mol. The second kappa shape index (κ2) is 15.8. The van der Waals surface area contributed by atoms with Gasteiger partial charge in [0, 0.05) is 11.6 Å². The molecule has 1 nitrogen and oxygen atoms in total. The monoisotopic (exact) mass is 651 g/mol. The van der Waals surface area contributed by atoms with E-state index in [1.54, 1.807) is 0 Å². The maximum absolute atomic E-state index is 4.93. The Hall–Kier alpha value is -2.81. The number of aryl methyl sites for hydroxylation is 1. The van der Waals surface area contributed by atoms with E-state index in [0.29, 0.717) is 0 Å². The number of para-hydroxylation sites is 1. The van der Waals surface area contributed by atoms with E-state index in [9.17, 15) is 0 Å². The summed E-state index contributed by atoms with van der Waals surface area (Å²) in [6, 6.07) is 46.6. The van der Waals surface area contributed by atoms with Crippen molar-refractivity contribution in [1.82, 2.24) is 4.98 Å². The number of halogens is 2. The number of fused-ring (bicyclic) bond motifs is 3. The predicted molar refractivity (Wildman–Crippen MR) is 174 cm³/mol. The molecule has 0 N–H and O–H groups in total. The smallest absolute Gasteiger partial charge is 0.0809 e. The van der Waals surface area contributed by atoms with Crippen molar-refractivity contribution in [3.63, 3.8) is 0 Å². The summed E-state index contributed by atoms with van der Waals surface area (Å²) in [5.74, 6) is 0. The third-order valence-corrected chi connectivity index (χ3v) is 7.32. The van der Waals surface area contributed by atoms with Gasteiger partial charge < -0.3 is 0 Å². The van der Waals surface area contributed by atoms with Gasteiger partial charge in [0.1, 0.15) is 0 Å². The first-order valence-corrected chi connectivity index (χ1v) is 20.8. The van der Waals surface area contributed by atoms with Crippen LogP contribution in [-0.2, 0) is 20.8 Å². The maximum atomic E-state index is 4.93. The van der Waals surface area contributed by atoms with Crippen LogP contribution in [-0.4, -0.2) is 14.5 Å². The number of pyridine rings is 1. The summed E-state index contributed by atoms with van der Waals surface area (Å²) in [5, 5.41) is 7.89. The SMILES string of the molecule is C[Si]c1ccccc1.Cc1cc2c(-c3cnc4ccccc4c3)cccc2[cH-]1.[Cl][Zr+2][Cl].c1ccc2[cH-]ccc2c1. The molecule has 0 aliphatic rings. The number of aromatic nitrogens is 1. The first-order chi connectivity index (χ1) is 19.6. The van der Waals surface area contributed by atoms with Gasteiger partial charge in [-0.25, -0.2) is 0 Å². The summed E-state index contributed by atoms with van der Waals surface area (Å²) in [4.78, 5) is 4.57. The quantitative estimate of drug-likeness (QED) is 0.134. The summed E-state index contributed by atoms with van der Waals surface area (Å²) in [6.45, 7) is 4.33. The van der Waals surface area contributed by atoms with Gasteiger partial charge in [-0.05, 0) is 17.7 Å². The fourth-order valence-electron chi connectivity index (χ4n) is 4.53. The first kappa shape index (κ1) is 30.2. The summed E-state index contributed by atoms with van der Waals surface area (Å²) < 4.78 is 0. The Labute approximate surface area is 258 Å². The number of benzene rings is 4. The number of nitrogens with zero attached hydrogens (tertiary/aromatic N) is 1. The topological polar surface area (TPSA) is 12.9 Å². The molecule has 40 heavy (non-hydrogen) atoms. The van der Waals surface area contributed by atoms with Gasteiger partial charge in [0.2, 0.25) is 0 Å². The molecule has 0 bridgehead atoms. The molecule has 0 saturated heterocycles. The van der Waals surface area contributed by atoms with E-state index >= 15 is 0 Å². The van der Waals surface area contributed by atoms with E-state index in [2.05, 4.69) is 134 Å². The molecule has 6 aromatic carbocycles. The van der Waals surface area contributed by atoms with Crippen molar-refractivity contribution in [3.8, 4) is 11.1 Å². The van der Waals surface area contributed by atoms with Crippen LogP contribution in [0.25, 0.3) is 43.6 Å². The second-order valence-electron chi connectivity index (χ2n) is 9.10. The van der Waals surface area contributed by atoms with Crippen molar-refractivity contribution in [2.75, 3.05) is 0 Å². The molecule has 0 unspecified atom stereocenters. The van der Waals surface area contributed by atoms with Crippen LogP contribution in [0, 0.1) is 6.92 Å². The second-order valence-corrected chi connectivity index (χ2v) is 13.9. The van der Waals surface area contributed by atoms with Gasteiger partial charge in [0.15, 0.2) is 0 Å². The number of hydrogen-bond acceptors (Lipinski definition) is 1. The average Bonchev–Trinajstić information content (AvgIpc) is 3.64. The Morgan fingerprint density at radius 1 is 0.725 bits per heavy atom. The molecule has 7 aromatic rings. The summed E-state index contributed by atoms with van der Waals surface area (Å²) in [6.07, 6.45) is 1.97. The van der Waals surface area contributed by atoms with E-state index in [-0.39, 0.29) is 0 Å². The molecule has 0 spiro atoms. The minimum atomic E-state index is -0.826. The zero-order valence-electron chi connectivity index (χ0n) is 22.5. The van der Waals surface area contributed by atoms with Crippen LogP contribution in [0.3, 0.4) is 0 Å². The minimum absolute atomic E-state index is 0.826. The van der Waals surface area contributed by atoms with Gasteiger partial charge in [-0.3, -0.25) is 4.98 Å². The Morgan fingerprint density at radius 2 is 1.40 bits per heavy atom. The van der Waals surface area contributed by atoms with Crippen molar-refractivity contribution in [3.05, 3.63) is 145 Å². The van der Waals surface area contributed by atoms with Gasteiger partial charge in [0.05, 0.1) is 15.0 Å². The molecule has 0 saturated carbocycles. The van der Waals surface area contributed by atoms with Crippen LogP contribution in [0.1, 0.15) is 5.56 Å². The maximum Gasteiger partial charge on any atom is -0.0809 e. The van der Waals surface area contributed by atoms with E-state index in [1.807, 2.05) is 24.4 Å². The van der Waals surface area contributed by atoms with Crippen LogP contribution in [0.15, 0.2) is 140 Å². The molecule has 7 rings (SSSR count). The molecule has 1 aromatic heterocycles. The molecular formula is C35H29Cl2NSiZr. The van der Waals surface area contributed by atoms with Crippen LogP contribution in [0.4, 0.5) is 0 Å². The summed E-state index contributed by atoms with van der Waals surface area (Å²) in [5.41, 5.74) is 4.79. The van der Waals surface area contributed by atoms with Crippen LogP contribution >= 0.6 is 17.0 Å². The molecule has 0 aliphatic carbocycles. The first-order valence-electron chi connectivity index (χ1n) is 12.9. The normalized spacial score (nSPS) is 10.0. The van der Waals surface area contributed by atoms with Gasteiger partial charge in [-0.2, -0.15) is 23.6 Å². The Bertz CT molecular complexity index is 1730. The minimum Gasteiger partial charge on any atom is -0.168 e. The van der Waals surface area contributed by atoms with Crippen molar-refractivity contribution >= 4 is 64.2 Å². The molecule has 196 valence electrons. The Balaban J connectivity index is 0.000000153. The fourth-order valence-corrected chi connectivity index (χ4v) is 5.06. The standard InChI is InChI=1S/C19H14N.C9H7.C7H8Si.2ClH.Zr/c1-13-9-14-6-4-7-17(18(14)10-13)16-11-15-5-2-3-8-19(15)20-12-16;1-2-5-9-7-3-6-8(9)4-1;1-8-7-5-3-2-4-6-7;;;/h2-12H,1H3;1-7H;2-6H,1H3;2*1H;/q2*-1;;;;+4/p-2. The largest absolute Gasteiger partial charge is 0.168 e. The van der Waals surface area contributed by atoms with Crippen LogP contribution in [0.5, 0.6) is 0 Å². The average molecular weight is 654 g/mol. The van der Waals surface area contributed by atoms with Gasteiger partial charge in [0.25, 0.3) is 0 Å². The van der Waals surface area contributed by atoms with E-state index in [4.69, 9.17) is 17.0 Å². The molecule has 0 aliphatic heterocycles. The third kappa shape index (κ3) is 8.35. The number of hydrogen-bond donors (Lipinski definition) is 0. The van der Waals surface area contributed by atoms with Gasteiger partial charge in [-0.1, -0.05) is 84.9 Å². The van der Waals surface area contributed by atoms with Crippen molar-refractivity contribution in [1.29, 1.82) is 0 Å². The molecule has 0 amide bonds. The molecule has 1 heterocycles. The summed E-state index contributed by atoms with van der Waals surface area (Å²) in [7, 11) is 10.8. The Kier molecular flexibility index (Phi) is 11.9. The fraction of sp³-hybridized carbons (Fsp3) is 0.0571.